The minimum Gasteiger partial charge on any atom is -0.481 e. The molecular formula is C18H28N2O3. The van der Waals surface area contributed by atoms with Crippen LogP contribution >= 0.6 is 0 Å². The zero-order valence-electron chi connectivity index (χ0n) is 14.4. The van der Waals surface area contributed by atoms with Crippen LogP contribution in [-0.4, -0.2) is 56.3 Å². The molecule has 1 aliphatic rings. The van der Waals surface area contributed by atoms with Crippen molar-refractivity contribution in [2.24, 2.45) is 0 Å². The number of carbonyl (C=O) groups is 1. The Morgan fingerprint density at radius 3 is 2.65 bits per heavy atom. The average molecular weight is 320 g/mol. The highest BCUT2D eigenvalue weighted by molar-refractivity contribution is 5.80. The van der Waals surface area contributed by atoms with Gasteiger partial charge in [-0.2, -0.15) is 0 Å². The van der Waals surface area contributed by atoms with Crippen LogP contribution < -0.4 is 10.1 Å². The second kappa shape index (κ2) is 8.89. The summed E-state index contributed by atoms with van der Waals surface area (Å²) in [5.41, 5.74) is 1.13. The number of benzene rings is 1. The molecule has 0 spiro atoms. The van der Waals surface area contributed by atoms with E-state index in [-0.39, 0.29) is 5.91 Å². The first-order chi connectivity index (χ1) is 11.1. The molecule has 1 N–H and O–H groups in total. The minimum atomic E-state index is -0.500. The van der Waals surface area contributed by atoms with E-state index in [1.807, 2.05) is 24.3 Å². The second-order valence-electron chi connectivity index (χ2n) is 6.20. The SMILES string of the molecule is CC(C)c1ccccc1O[C@@H](C)C(=O)NCCN1CCOCC1. The third-order valence-electron chi connectivity index (χ3n) is 4.04. The van der Waals surface area contributed by atoms with Gasteiger partial charge in [0.2, 0.25) is 0 Å². The van der Waals surface area contributed by atoms with Crippen molar-refractivity contribution in [3.05, 3.63) is 29.8 Å². The van der Waals surface area contributed by atoms with E-state index in [9.17, 15) is 4.79 Å². The molecule has 1 aromatic rings. The quantitative estimate of drug-likeness (QED) is 0.835. The summed E-state index contributed by atoms with van der Waals surface area (Å²) in [4.78, 5) is 14.5. The third kappa shape index (κ3) is 5.52. The summed E-state index contributed by atoms with van der Waals surface area (Å²) in [6, 6.07) is 7.90. The number of nitrogens with one attached hydrogen (secondary N) is 1. The molecule has 0 radical (unpaired) electrons. The van der Waals surface area contributed by atoms with Crippen LogP contribution in [0.4, 0.5) is 0 Å². The van der Waals surface area contributed by atoms with E-state index in [1.165, 1.54) is 0 Å². The number of ether oxygens (including phenoxy) is 2. The van der Waals surface area contributed by atoms with Crippen LogP contribution in [0.1, 0.15) is 32.3 Å². The summed E-state index contributed by atoms with van der Waals surface area (Å²) in [5.74, 6) is 1.08. The van der Waals surface area contributed by atoms with Crippen molar-refractivity contribution in [1.29, 1.82) is 0 Å². The van der Waals surface area contributed by atoms with Gasteiger partial charge >= 0.3 is 0 Å². The van der Waals surface area contributed by atoms with E-state index < -0.39 is 6.10 Å². The Morgan fingerprint density at radius 1 is 1.26 bits per heavy atom. The van der Waals surface area contributed by atoms with Gasteiger partial charge in [0, 0.05) is 26.2 Å². The molecule has 2 rings (SSSR count). The molecule has 1 heterocycles. The van der Waals surface area contributed by atoms with Crippen LogP contribution in [0.25, 0.3) is 0 Å². The molecule has 1 amide bonds. The number of hydrogen-bond donors (Lipinski definition) is 1. The number of nitrogens with zero attached hydrogens (tertiary/aromatic N) is 1. The standard InChI is InChI=1S/C18H28N2O3/c1-14(2)16-6-4-5-7-17(16)23-15(3)18(21)19-8-9-20-10-12-22-13-11-20/h4-7,14-15H,8-13H2,1-3H3,(H,19,21)/t15-/m0/s1. The van der Waals surface area contributed by atoms with Crippen molar-refractivity contribution in [2.45, 2.75) is 32.8 Å². The Labute approximate surface area is 139 Å². The van der Waals surface area contributed by atoms with Gasteiger partial charge in [0.15, 0.2) is 6.10 Å². The van der Waals surface area contributed by atoms with Gasteiger partial charge in [-0.05, 0) is 24.5 Å². The maximum atomic E-state index is 12.2. The van der Waals surface area contributed by atoms with Crippen molar-refractivity contribution < 1.29 is 14.3 Å². The van der Waals surface area contributed by atoms with Gasteiger partial charge in [-0.15, -0.1) is 0 Å². The maximum absolute atomic E-state index is 12.2. The first-order valence-electron chi connectivity index (χ1n) is 8.41. The lowest BCUT2D eigenvalue weighted by Gasteiger charge is -2.26. The molecule has 0 aliphatic carbocycles. The molecule has 0 aromatic heterocycles. The van der Waals surface area contributed by atoms with Crippen LogP contribution in [-0.2, 0) is 9.53 Å². The molecule has 23 heavy (non-hydrogen) atoms. The molecule has 128 valence electrons. The first-order valence-corrected chi connectivity index (χ1v) is 8.41. The molecule has 0 bridgehead atoms. The van der Waals surface area contributed by atoms with E-state index in [2.05, 4.69) is 24.1 Å². The lowest BCUT2D eigenvalue weighted by atomic mass is 10.0. The summed E-state index contributed by atoms with van der Waals surface area (Å²) in [6.45, 7) is 10.9. The number of rotatable bonds is 7. The second-order valence-corrected chi connectivity index (χ2v) is 6.20. The van der Waals surface area contributed by atoms with Crippen LogP contribution in [0.5, 0.6) is 5.75 Å². The summed E-state index contributed by atoms with van der Waals surface area (Å²) in [6.07, 6.45) is -0.500. The Hall–Kier alpha value is -1.59. The molecule has 0 saturated carbocycles. The maximum Gasteiger partial charge on any atom is 0.260 e. The number of hydrogen-bond acceptors (Lipinski definition) is 4. The Kier molecular flexibility index (Phi) is 6.86. The smallest absolute Gasteiger partial charge is 0.260 e. The van der Waals surface area contributed by atoms with Gasteiger partial charge in [0.1, 0.15) is 5.75 Å². The van der Waals surface area contributed by atoms with Gasteiger partial charge in [-0.3, -0.25) is 9.69 Å². The van der Waals surface area contributed by atoms with E-state index in [1.54, 1.807) is 6.92 Å². The fourth-order valence-corrected chi connectivity index (χ4v) is 2.61. The highest BCUT2D eigenvalue weighted by Crippen LogP contribution is 2.26. The number of morpholine rings is 1. The highest BCUT2D eigenvalue weighted by Gasteiger charge is 2.17. The van der Waals surface area contributed by atoms with Crippen molar-refractivity contribution in [3.63, 3.8) is 0 Å². The molecule has 5 nitrogen and oxygen atoms in total. The van der Waals surface area contributed by atoms with E-state index in [0.29, 0.717) is 12.5 Å². The summed E-state index contributed by atoms with van der Waals surface area (Å²) in [7, 11) is 0. The first kappa shape index (κ1) is 17.8. The summed E-state index contributed by atoms with van der Waals surface area (Å²) >= 11 is 0. The predicted molar refractivity (Wildman–Crippen MR) is 90.9 cm³/mol. The molecule has 1 fully saturated rings. The molecule has 1 aromatic carbocycles. The molecule has 1 saturated heterocycles. The van der Waals surface area contributed by atoms with Crippen LogP contribution in [0.3, 0.4) is 0 Å². The Morgan fingerprint density at radius 2 is 1.96 bits per heavy atom. The van der Waals surface area contributed by atoms with Crippen molar-refractivity contribution in [2.75, 3.05) is 39.4 Å². The normalized spacial score (nSPS) is 17.0. The van der Waals surface area contributed by atoms with Gasteiger partial charge in [-0.1, -0.05) is 32.0 Å². The highest BCUT2D eigenvalue weighted by atomic mass is 16.5. The van der Waals surface area contributed by atoms with Crippen LogP contribution in [0.2, 0.25) is 0 Å². The lowest BCUT2D eigenvalue weighted by molar-refractivity contribution is -0.127. The molecular weight excluding hydrogens is 292 g/mol. The number of para-hydroxylation sites is 1. The number of carbonyl (C=O) groups excluding carboxylic acids is 1. The van der Waals surface area contributed by atoms with Crippen molar-refractivity contribution in [1.82, 2.24) is 10.2 Å². The molecule has 1 atom stereocenters. The minimum absolute atomic E-state index is 0.0724. The van der Waals surface area contributed by atoms with Gasteiger partial charge in [-0.25, -0.2) is 0 Å². The van der Waals surface area contributed by atoms with Gasteiger partial charge < -0.3 is 14.8 Å². The molecule has 0 unspecified atom stereocenters. The lowest BCUT2D eigenvalue weighted by Crippen LogP contribution is -2.44. The summed E-state index contributed by atoms with van der Waals surface area (Å²) < 4.78 is 11.2. The average Bonchev–Trinajstić information content (AvgIpc) is 2.56. The van der Waals surface area contributed by atoms with Crippen molar-refractivity contribution in [3.8, 4) is 5.75 Å². The zero-order chi connectivity index (χ0) is 16.7. The van der Waals surface area contributed by atoms with Gasteiger partial charge in [0.25, 0.3) is 5.91 Å². The summed E-state index contributed by atoms with van der Waals surface area (Å²) in [5, 5.41) is 2.95. The van der Waals surface area contributed by atoms with Crippen molar-refractivity contribution >= 4 is 5.91 Å². The predicted octanol–water partition coefficient (Wildman–Crippen LogP) is 2.03. The molecule has 5 heteroatoms. The fraction of sp³-hybridized carbons (Fsp3) is 0.611. The Balaban J connectivity index is 1.78. The monoisotopic (exact) mass is 320 g/mol. The van der Waals surface area contributed by atoms with Gasteiger partial charge in [0.05, 0.1) is 13.2 Å². The largest absolute Gasteiger partial charge is 0.481 e. The zero-order valence-corrected chi connectivity index (χ0v) is 14.4. The third-order valence-corrected chi connectivity index (χ3v) is 4.04. The fourth-order valence-electron chi connectivity index (χ4n) is 2.61. The topological polar surface area (TPSA) is 50.8 Å². The van der Waals surface area contributed by atoms with E-state index in [0.717, 1.165) is 44.2 Å². The molecule has 1 aliphatic heterocycles. The van der Waals surface area contributed by atoms with Crippen LogP contribution in [0, 0.1) is 0 Å². The Bertz CT molecular complexity index is 499. The van der Waals surface area contributed by atoms with E-state index >= 15 is 0 Å². The number of amides is 1. The van der Waals surface area contributed by atoms with Crippen LogP contribution in [0.15, 0.2) is 24.3 Å². The van der Waals surface area contributed by atoms with E-state index in [4.69, 9.17) is 9.47 Å².